The number of carbonyl (C=O) groups is 1. The zero-order chi connectivity index (χ0) is 20.3. The standard InChI is InChI=1S/C21H26O5.C2H6/c1-21(2,3)26-20(22)14-5-4-8-23-18-11-16-13(9-15(18)10-14)6-7-17-19(16)25-12-24-17;1-2/h5-7,15,18H,4,8-12H2,1-3H3;1-2H3/b14-5-;/t15-,18+;/m0./s1. The molecule has 5 nitrogen and oxygen atoms in total. The van der Waals surface area contributed by atoms with Crippen LogP contribution >= 0.6 is 0 Å². The maximum atomic E-state index is 12.6. The molecule has 1 aromatic rings. The van der Waals surface area contributed by atoms with Gasteiger partial charge < -0.3 is 18.9 Å². The largest absolute Gasteiger partial charge is 0.457 e. The zero-order valence-corrected chi connectivity index (χ0v) is 17.7. The van der Waals surface area contributed by atoms with Crippen LogP contribution in [0.1, 0.15) is 58.6 Å². The van der Waals surface area contributed by atoms with Gasteiger partial charge in [0.25, 0.3) is 0 Å². The lowest BCUT2D eigenvalue weighted by Crippen LogP contribution is -2.35. The second-order valence-corrected chi connectivity index (χ2v) is 8.24. The Kier molecular flexibility index (Phi) is 6.33. The van der Waals surface area contributed by atoms with Crippen LogP contribution in [-0.2, 0) is 27.1 Å². The molecule has 2 heterocycles. The van der Waals surface area contributed by atoms with Crippen LogP contribution in [0.3, 0.4) is 0 Å². The molecule has 5 heteroatoms. The van der Waals surface area contributed by atoms with E-state index in [9.17, 15) is 4.79 Å². The number of hydrogen-bond donors (Lipinski definition) is 0. The van der Waals surface area contributed by atoms with E-state index in [-0.39, 0.29) is 24.8 Å². The van der Waals surface area contributed by atoms with Gasteiger partial charge in [-0.2, -0.15) is 0 Å². The summed E-state index contributed by atoms with van der Waals surface area (Å²) in [6, 6.07) is 4.10. The maximum Gasteiger partial charge on any atom is 0.334 e. The van der Waals surface area contributed by atoms with Crippen molar-refractivity contribution < 1.29 is 23.7 Å². The number of esters is 1. The van der Waals surface area contributed by atoms with Gasteiger partial charge in [-0.15, -0.1) is 0 Å². The maximum absolute atomic E-state index is 12.6. The van der Waals surface area contributed by atoms with Gasteiger partial charge in [0.05, 0.1) is 12.7 Å². The lowest BCUT2D eigenvalue weighted by atomic mass is 9.77. The van der Waals surface area contributed by atoms with Gasteiger partial charge in [0, 0.05) is 17.6 Å². The molecule has 0 radical (unpaired) electrons. The summed E-state index contributed by atoms with van der Waals surface area (Å²) in [7, 11) is 0. The quantitative estimate of drug-likeness (QED) is 0.658. The first-order chi connectivity index (χ1) is 13.4. The Hall–Kier alpha value is -2.01. The van der Waals surface area contributed by atoms with Crippen molar-refractivity contribution >= 4 is 5.97 Å². The summed E-state index contributed by atoms with van der Waals surface area (Å²) >= 11 is 0. The van der Waals surface area contributed by atoms with Gasteiger partial charge in [-0.25, -0.2) is 4.79 Å². The summed E-state index contributed by atoms with van der Waals surface area (Å²) in [4.78, 5) is 12.6. The number of hydrogen-bond acceptors (Lipinski definition) is 5. The van der Waals surface area contributed by atoms with Gasteiger partial charge in [-0.05, 0) is 57.6 Å². The zero-order valence-electron chi connectivity index (χ0n) is 17.7. The number of rotatable bonds is 1. The number of ether oxygens (including phenoxy) is 4. The summed E-state index contributed by atoms with van der Waals surface area (Å²) < 4.78 is 22.9. The Labute approximate surface area is 168 Å². The number of fused-ring (bicyclic) bond motifs is 4. The third-order valence-electron chi connectivity index (χ3n) is 5.14. The van der Waals surface area contributed by atoms with E-state index in [1.807, 2.05) is 46.8 Å². The molecular weight excluding hydrogens is 356 g/mol. The number of benzene rings is 1. The topological polar surface area (TPSA) is 54.0 Å². The Morgan fingerprint density at radius 1 is 1.11 bits per heavy atom. The van der Waals surface area contributed by atoms with Crippen molar-refractivity contribution in [1.29, 1.82) is 0 Å². The van der Waals surface area contributed by atoms with Crippen LogP contribution in [0.15, 0.2) is 23.8 Å². The van der Waals surface area contributed by atoms with Crippen molar-refractivity contribution in [1.82, 2.24) is 0 Å². The van der Waals surface area contributed by atoms with Crippen LogP contribution in [-0.4, -0.2) is 31.1 Å². The summed E-state index contributed by atoms with van der Waals surface area (Å²) in [6.45, 7) is 10.6. The van der Waals surface area contributed by atoms with Gasteiger partial charge in [0.15, 0.2) is 11.5 Å². The Morgan fingerprint density at radius 2 is 1.89 bits per heavy atom. The van der Waals surface area contributed by atoms with Gasteiger partial charge in [0.2, 0.25) is 6.79 Å². The van der Waals surface area contributed by atoms with Crippen LogP contribution in [0.5, 0.6) is 11.5 Å². The molecule has 2 aliphatic heterocycles. The molecule has 2 atom stereocenters. The summed E-state index contributed by atoms with van der Waals surface area (Å²) in [5, 5.41) is 0. The Morgan fingerprint density at radius 3 is 2.64 bits per heavy atom. The van der Waals surface area contributed by atoms with Crippen LogP contribution in [0, 0.1) is 5.92 Å². The van der Waals surface area contributed by atoms with Gasteiger partial charge in [-0.1, -0.05) is 26.0 Å². The third kappa shape index (κ3) is 4.52. The fraction of sp³-hybridized carbons (Fsp3) is 0.609. The number of carbonyl (C=O) groups excluding carboxylic acids is 1. The van der Waals surface area contributed by atoms with E-state index in [1.165, 1.54) is 11.1 Å². The van der Waals surface area contributed by atoms with Crippen LogP contribution in [0.4, 0.5) is 0 Å². The van der Waals surface area contributed by atoms with E-state index in [2.05, 4.69) is 6.07 Å². The molecule has 0 amide bonds. The van der Waals surface area contributed by atoms with E-state index in [1.54, 1.807) is 0 Å². The molecule has 0 saturated heterocycles. The van der Waals surface area contributed by atoms with Gasteiger partial charge >= 0.3 is 5.97 Å². The molecule has 0 aromatic heterocycles. The van der Waals surface area contributed by atoms with E-state index < -0.39 is 5.60 Å². The molecule has 1 aliphatic carbocycles. The third-order valence-corrected chi connectivity index (χ3v) is 5.14. The van der Waals surface area contributed by atoms with E-state index >= 15 is 0 Å². The monoisotopic (exact) mass is 388 g/mol. The molecule has 0 spiro atoms. The fourth-order valence-electron chi connectivity index (χ4n) is 3.99. The average Bonchev–Trinajstić information content (AvgIpc) is 3.11. The lowest BCUT2D eigenvalue weighted by molar-refractivity contribution is -0.150. The minimum Gasteiger partial charge on any atom is -0.457 e. The molecule has 4 rings (SSSR count). The minimum atomic E-state index is -0.479. The molecule has 0 bridgehead atoms. The van der Waals surface area contributed by atoms with Crippen LogP contribution in [0.25, 0.3) is 0 Å². The van der Waals surface area contributed by atoms with Crippen molar-refractivity contribution in [3.05, 3.63) is 34.9 Å². The predicted molar refractivity (Wildman–Crippen MR) is 108 cm³/mol. The van der Waals surface area contributed by atoms with E-state index in [0.29, 0.717) is 13.0 Å². The van der Waals surface area contributed by atoms with Crippen molar-refractivity contribution in [2.24, 2.45) is 5.92 Å². The summed E-state index contributed by atoms with van der Waals surface area (Å²) in [5.74, 6) is 1.76. The summed E-state index contributed by atoms with van der Waals surface area (Å²) in [6.07, 6.45) is 5.17. The van der Waals surface area contributed by atoms with E-state index in [0.717, 1.165) is 36.3 Å². The van der Waals surface area contributed by atoms with Crippen molar-refractivity contribution in [3.63, 3.8) is 0 Å². The second kappa shape index (κ2) is 8.56. The highest BCUT2D eigenvalue weighted by Crippen LogP contribution is 2.43. The van der Waals surface area contributed by atoms with Crippen molar-refractivity contribution in [3.8, 4) is 11.5 Å². The smallest absolute Gasteiger partial charge is 0.334 e. The summed E-state index contributed by atoms with van der Waals surface area (Å²) in [5.41, 5.74) is 2.77. The average molecular weight is 389 g/mol. The molecular formula is C23H32O5. The van der Waals surface area contributed by atoms with E-state index in [4.69, 9.17) is 18.9 Å². The molecule has 154 valence electrons. The molecule has 1 aromatic carbocycles. The fourth-order valence-corrected chi connectivity index (χ4v) is 3.99. The molecule has 3 aliphatic rings. The molecule has 0 N–H and O–H groups in total. The SMILES string of the molecule is CC.CC(C)(C)OC(=O)/C1=C\CCO[C@@H]2Cc3c(ccc4c3OCO4)C[C@H]2C1. The van der Waals surface area contributed by atoms with Crippen LogP contribution < -0.4 is 9.47 Å². The molecule has 0 saturated carbocycles. The Balaban J connectivity index is 0.00000109. The molecule has 28 heavy (non-hydrogen) atoms. The van der Waals surface area contributed by atoms with Crippen LogP contribution in [0.2, 0.25) is 0 Å². The predicted octanol–water partition coefficient (Wildman–Crippen LogP) is 4.60. The molecule has 0 fully saturated rings. The van der Waals surface area contributed by atoms with Gasteiger partial charge in [0.1, 0.15) is 5.60 Å². The molecule has 0 unspecified atom stereocenters. The lowest BCUT2D eigenvalue weighted by Gasteiger charge is -2.35. The van der Waals surface area contributed by atoms with Gasteiger partial charge in [-0.3, -0.25) is 0 Å². The van der Waals surface area contributed by atoms with Crippen molar-refractivity contribution in [2.45, 2.75) is 72.0 Å². The highest BCUT2D eigenvalue weighted by atomic mass is 16.7. The minimum absolute atomic E-state index is 0.0873. The first kappa shape index (κ1) is 20.7. The highest BCUT2D eigenvalue weighted by molar-refractivity contribution is 5.88. The highest BCUT2D eigenvalue weighted by Gasteiger charge is 2.36. The normalized spacial score (nSPS) is 25.0. The first-order valence-electron chi connectivity index (χ1n) is 10.3. The first-order valence-corrected chi connectivity index (χ1v) is 10.3. The second-order valence-electron chi connectivity index (χ2n) is 8.24. The van der Waals surface area contributed by atoms with Crippen molar-refractivity contribution in [2.75, 3.05) is 13.4 Å². The Bertz CT molecular complexity index is 744.